The molecule has 1 fully saturated rings. The maximum absolute atomic E-state index is 12.1. The highest BCUT2D eigenvalue weighted by Crippen LogP contribution is 2.11. The molecule has 1 aliphatic heterocycles. The van der Waals surface area contributed by atoms with E-state index in [-0.39, 0.29) is 11.9 Å². The van der Waals surface area contributed by atoms with E-state index in [0.29, 0.717) is 18.2 Å². The highest BCUT2D eigenvalue weighted by molar-refractivity contribution is 5.92. The van der Waals surface area contributed by atoms with Gasteiger partial charge in [-0.05, 0) is 30.5 Å². The van der Waals surface area contributed by atoms with Crippen LogP contribution in [-0.2, 0) is 11.3 Å². The van der Waals surface area contributed by atoms with E-state index in [1.54, 1.807) is 18.2 Å². The molecule has 21 heavy (non-hydrogen) atoms. The van der Waals surface area contributed by atoms with E-state index in [4.69, 9.17) is 5.73 Å². The zero-order valence-electron chi connectivity index (χ0n) is 12.2. The van der Waals surface area contributed by atoms with E-state index >= 15 is 0 Å². The summed E-state index contributed by atoms with van der Waals surface area (Å²) in [4.78, 5) is 23.2. The summed E-state index contributed by atoms with van der Waals surface area (Å²) in [6.07, 6.45) is 2.94. The molecule has 2 unspecified atom stereocenters. The van der Waals surface area contributed by atoms with Gasteiger partial charge in [-0.2, -0.15) is 0 Å². The van der Waals surface area contributed by atoms with Gasteiger partial charge < -0.3 is 11.1 Å². The zero-order chi connectivity index (χ0) is 15.2. The molecule has 0 radical (unpaired) electrons. The number of hydrogen-bond donors (Lipinski definition) is 4. The Balaban J connectivity index is 1.84. The first kappa shape index (κ1) is 15.5. The number of benzene rings is 1. The molecular formula is C15H22N4O2. The lowest BCUT2D eigenvalue weighted by Gasteiger charge is -2.11. The first-order valence-electron chi connectivity index (χ1n) is 7.27. The second-order valence-electron chi connectivity index (χ2n) is 5.34. The van der Waals surface area contributed by atoms with Gasteiger partial charge in [0.2, 0.25) is 11.8 Å². The largest absolute Gasteiger partial charge is 0.366 e. The standard InChI is InChI=1S/C15H22N4O2/c1-2-4-12-8-13(19-18-12)15(21)17-9-10-5-3-6-11(7-10)14(16)20/h3,5-7,12-13,18-19H,2,4,8-9H2,1H3,(H2,16,20)(H,17,21). The highest BCUT2D eigenvalue weighted by Gasteiger charge is 2.28. The van der Waals surface area contributed by atoms with Crippen molar-refractivity contribution in [2.75, 3.05) is 0 Å². The SMILES string of the molecule is CCCC1CC(C(=O)NCc2cccc(C(N)=O)c2)NN1. The van der Waals surface area contributed by atoms with Crippen LogP contribution in [0.1, 0.15) is 42.1 Å². The molecular weight excluding hydrogens is 268 g/mol. The Hall–Kier alpha value is -1.92. The minimum absolute atomic E-state index is 0.0365. The summed E-state index contributed by atoms with van der Waals surface area (Å²) in [7, 11) is 0. The van der Waals surface area contributed by atoms with Gasteiger partial charge in [0.1, 0.15) is 6.04 Å². The quantitative estimate of drug-likeness (QED) is 0.611. The molecule has 2 rings (SSSR count). The highest BCUT2D eigenvalue weighted by atomic mass is 16.2. The van der Waals surface area contributed by atoms with Crippen LogP contribution in [-0.4, -0.2) is 23.9 Å². The molecule has 1 heterocycles. The van der Waals surface area contributed by atoms with Gasteiger partial charge >= 0.3 is 0 Å². The van der Waals surface area contributed by atoms with Crippen molar-refractivity contribution < 1.29 is 9.59 Å². The van der Waals surface area contributed by atoms with E-state index in [1.807, 2.05) is 6.07 Å². The number of hydrazine groups is 1. The van der Waals surface area contributed by atoms with Crippen molar-refractivity contribution in [2.24, 2.45) is 5.73 Å². The summed E-state index contributed by atoms with van der Waals surface area (Å²) in [6, 6.07) is 7.11. The van der Waals surface area contributed by atoms with Crippen LogP contribution in [0, 0.1) is 0 Å². The van der Waals surface area contributed by atoms with Gasteiger partial charge in [-0.15, -0.1) is 0 Å². The summed E-state index contributed by atoms with van der Waals surface area (Å²) >= 11 is 0. The molecule has 6 heteroatoms. The fraction of sp³-hybridized carbons (Fsp3) is 0.467. The van der Waals surface area contributed by atoms with Crippen molar-refractivity contribution >= 4 is 11.8 Å². The van der Waals surface area contributed by atoms with Gasteiger partial charge in [0.15, 0.2) is 0 Å². The second-order valence-corrected chi connectivity index (χ2v) is 5.34. The summed E-state index contributed by atoms with van der Waals surface area (Å²) in [5.74, 6) is -0.502. The van der Waals surface area contributed by atoms with Gasteiger partial charge in [-0.25, -0.2) is 5.43 Å². The number of carbonyl (C=O) groups excluding carboxylic acids is 2. The third-order valence-corrected chi connectivity index (χ3v) is 3.61. The number of amides is 2. The molecule has 1 saturated heterocycles. The lowest BCUT2D eigenvalue weighted by molar-refractivity contribution is -0.123. The average molecular weight is 290 g/mol. The van der Waals surface area contributed by atoms with Crippen LogP contribution < -0.4 is 21.9 Å². The number of rotatable bonds is 6. The Morgan fingerprint density at radius 1 is 1.38 bits per heavy atom. The normalized spacial score (nSPS) is 21.2. The van der Waals surface area contributed by atoms with E-state index < -0.39 is 5.91 Å². The predicted octanol–water partition coefficient (Wildman–Crippen LogP) is 0.437. The smallest absolute Gasteiger partial charge is 0.248 e. The average Bonchev–Trinajstić information content (AvgIpc) is 2.94. The maximum Gasteiger partial charge on any atom is 0.248 e. The Bertz CT molecular complexity index is 518. The molecule has 1 aromatic carbocycles. The van der Waals surface area contributed by atoms with E-state index in [9.17, 15) is 9.59 Å². The van der Waals surface area contributed by atoms with Crippen LogP contribution in [0.25, 0.3) is 0 Å². The molecule has 5 N–H and O–H groups in total. The molecule has 114 valence electrons. The van der Waals surface area contributed by atoms with Crippen LogP contribution in [0.15, 0.2) is 24.3 Å². The lowest BCUT2D eigenvalue weighted by atomic mass is 10.1. The number of carbonyl (C=O) groups is 2. The number of nitrogens with one attached hydrogen (secondary N) is 3. The van der Waals surface area contributed by atoms with Crippen molar-refractivity contribution in [3.8, 4) is 0 Å². The van der Waals surface area contributed by atoms with E-state index in [0.717, 1.165) is 24.8 Å². The van der Waals surface area contributed by atoms with Gasteiger partial charge in [-0.1, -0.05) is 25.5 Å². The number of primary amides is 1. The molecule has 1 aliphatic rings. The van der Waals surface area contributed by atoms with E-state index in [2.05, 4.69) is 23.1 Å². The maximum atomic E-state index is 12.1. The molecule has 1 aromatic rings. The van der Waals surface area contributed by atoms with Crippen molar-refractivity contribution in [3.63, 3.8) is 0 Å². The summed E-state index contributed by atoms with van der Waals surface area (Å²) in [5.41, 5.74) is 12.7. The van der Waals surface area contributed by atoms with Gasteiger partial charge in [0, 0.05) is 18.2 Å². The second kappa shape index (κ2) is 7.19. The number of nitrogens with two attached hydrogens (primary N) is 1. The van der Waals surface area contributed by atoms with Crippen molar-refractivity contribution in [1.29, 1.82) is 0 Å². The first-order valence-corrected chi connectivity index (χ1v) is 7.27. The van der Waals surface area contributed by atoms with Gasteiger partial charge in [0.25, 0.3) is 0 Å². The first-order chi connectivity index (χ1) is 10.1. The van der Waals surface area contributed by atoms with Crippen molar-refractivity contribution in [2.45, 2.75) is 44.8 Å². The molecule has 0 aromatic heterocycles. The van der Waals surface area contributed by atoms with Crippen LogP contribution in [0.5, 0.6) is 0 Å². The molecule has 0 saturated carbocycles. The Kier molecular flexibility index (Phi) is 5.30. The van der Waals surface area contributed by atoms with Crippen LogP contribution in [0.4, 0.5) is 0 Å². The van der Waals surface area contributed by atoms with Crippen molar-refractivity contribution in [3.05, 3.63) is 35.4 Å². The molecule has 2 atom stereocenters. The third-order valence-electron chi connectivity index (χ3n) is 3.61. The molecule has 6 nitrogen and oxygen atoms in total. The van der Waals surface area contributed by atoms with Crippen molar-refractivity contribution in [1.82, 2.24) is 16.2 Å². The van der Waals surface area contributed by atoms with Gasteiger partial charge in [0.05, 0.1) is 0 Å². The third kappa shape index (κ3) is 4.27. The Labute approximate surface area is 124 Å². The minimum Gasteiger partial charge on any atom is -0.366 e. The molecule has 0 aliphatic carbocycles. The van der Waals surface area contributed by atoms with Crippen LogP contribution in [0.3, 0.4) is 0 Å². The fourth-order valence-electron chi connectivity index (χ4n) is 2.48. The minimum atomic E-state index is -0.466. The van der Waals surface area contributed by atoms with Crippen LogP contribution in [0.2, 0.25) is 0 Å². The molecule has 0 bridgehead atoms. The topological polar surface area (TPSA) is 96.2 Å². The van der Waals surface area contributed by atoms with Gasteiger partial charge in [-0.3, -0.25) is 15.0 Å². The Morgan fingerprint density at radius 3 is 2.90 bits per heavy atom. The predicted molar refractivity (Wildman–Crippen MR) is 80.2 cm³/mol. The summed E-state index contributed by atoms with van der Waals surface area (Å²) < 4.78 is 0. The van der Waals surface area contributed by atoms with E-state index in [1.165, 1.54) is 0 Å². The summed E-state index contributed by atoms with van der Waals surface area (Å²) in [5, 5.41) is 2.88. The van der Waals surface area contributed by atoms with Crippen LogP contribution >= 0.6 is 0 Å². The molecule has 2 amide bonds. The Morgan fingerprint density at radius 2 is 2.19 bits per heavy atom. The monoisotopic (exact) mass is 290 g/mol. The summed E-state index contributed by atoms with van der Waals surface area (Å²) in [6.45, 7) is 2.51. The zero-order valence-corrected chi connectivity index (χ0v) is 12.2. The molecule has 0 spiro atoms. The lowest BCUT2D eigenvalue weighted by Crippen LogP contribution is -2.43. The fourth-order valence-corrected chi connectivity index (χ4v) is 2.48. The number of hydrogen-bond acceptors (Lipinski definition) is 4.